The van der Waals surface area contributed by atoms with Gasteiger partial charge in [-0.25, -0.2) is 4.79 Å². The number of hydrogen-bond acceptors (Lipinski definition) is 4. The number of amides is 2. The van der Waals surface area contributed by atoms with E-state index >= 15 is 0 Å². The number of aromatic nitrogens is 1. The Bertz CT molecular complexity index is 728. The van der Waals surface area contributed by atoms with Gasteiger partial charge in [0.05, 0.1) is 25.5 Å². The molecule has 1 aromatic carbocycles. The minimum absolute atomic E-state index is 0.0791. The third kappa shape index (κ3) is 4.73. The second-order valence-corrected chi connectivity index (χ2v) is 6.43. The van der Waals surface area contributed by atoms with Crippen molar-refractivity contribution in [2.24, 2.45) is 0 Å². The summed E-state index contributed by atoms with van der Waals surface area (Å²) < 4.78 is 11.2. The Balaban J connectivity index is 1.47. The number of hydrogen-bond donors (Lipinski definition) is 1. The largest absolute Gasteiger partial charge is 0.497 e. The van der Waals surface area contributed by atoms with Gasteiger partial charge in [0.25, 0.3) is 0 Å². The minimum atomic E-state index is -0.0791. The van der Waals surface area contributed by atoms with Gasteiger partial charge in [-0.3, -0.25) is 4.98 Å². The lowest BCUT2D eigenvalue weighted by Crippen LogP contribution is -2.43. The molecule has 1 aliphatic rings. The highest BCUT2D eigenvalue weighted by atomic mass is 16.5. The first-order valence-electron chi connectivity index (χ1n) is 8.88. The molecule has 0 bridgehead atoms. The number of carbonyl (C=O) groups excluding carboxylic acids is 1. The van der Waals surface area contributed by atoms with E-state index in [2.05, 4.69) is 10.3 Å². The van der Waals surface area contributed by atoms with Crippen LogP contribution in [0.5, 0.6) is 5.75 Å². The minimum Gasteiger partial charge on any atom is -0.497 e. The number of benzene rings is 1. The van der Waals surface area contributed by atoms with Gasteiger partial charge in [-0.05, 0) is 43.5 Å². The van der Waals surface area contributed by atoms with Gasteiger partial charge in [-0.1, -0.05) is 12.1 Å². The van der Waals surface area contributed by atoms with Crippen molar-refractivity contribution in [2.75, 3.05) is 25.5 Å². The number of ether oxygens (including phenoxy) is 2. The molecule has 0 spiro atoms. The van der Waals surface area contributed by atoms with Crippen LogP contribution in [0.3, 0.4) is 0 Å². The van der Waals surface area contributed by atoms with Gasteiger partial charge in [0.15, 0.2) is 0 Å². The Kier molecular flexibility index (Phi) is 6.07. The van der Waals surface area contributed by atoms with Gasteiger partial charge in [0.1, 0.15) is 5.75 Å². The molecule has 0 unspecified atom stereocenters. The standard InChI is InChI=1S/C20H25N3O3/c1-15-6-7-18(25-2)13-19(15)22-20(24)23-11-8-17(9-12-23)26-14-16-5-3-4-10-21-16/h3-7,10,13,17H,8-9,11-12,14H2,1-2H3,(H,22,24). The number of pyridine rings is 1. The van der Waals surface area contributed by atoms with Crippen molar-refractivity contribution in [3.63, 3.8) is 0 Å². The molecule has 2 amide bonds. The van der Waals surface area contributed by atoms with E-state index in [4.69, 9.17) is 9.47 Å². The average molecular weight is 355 g/mol. The number of likely N-dealkylation sites (tertiary alicyclic amines) is 1. The molecule has 1 fully saturated rings. The highest BCUT2D eigenvalue weighted by Crippen LogP contribution is 2.23. The van der Waals surface area contributed by atoms with Crippen molar-refractivity contribution in [3.8, 4) is 5.75 Å². The molecule has 0 atom stereocenters. The predicted octanol–water partition coefficient (Wildman–Crippen LogP) is 3.61. The molecule has 0 aliphatic carbocycles. The Labute approximate surface area is 154 Å². The lowest BCUT2D eigenvalue weighted by Gasteiger charge is -2.32. The maximum atomic E-state index is 12.5. The zero-order valence-electron chi connectivity index (χ0n) is 15.3. The number of anilines is 1. The van der Waals surface area contributed by atoms with E-state index in [0.717, 1.165) is 35.5 Å². The summed E-state index contributed by atoms with van der Waals surface area (Å²) in [5.41, 5.74) is 2.72. The molecule has 2 heterocycles. The number of rotatable bonds is 5. The second-order valence-electron chi connectivity index (χ2n) is 6.43. The number of urea groups is 1. The molecule has 138 valence electrons. The molecule has 2 aromatic rings. The first kappa shape index (κ1) is 18.2. The molecule has 1 aliphatic heterocycles. The molecular weight excluding hydrogens is 330 g/mol. The van der Waals surface area contributed by atoms with Crippen LogP contribution in [0, 0.1) is 6.92 Å². The number of nitrogens with zero attached hydrogens (tertiary/aromatic N) is 2. The van der Waals surface area contributed by atoms with Crippen molar-refractivity contribution >= 4 is 11.7 Å². The van der Waals surface area contributed by atoms with Crippen LogP contribution >= 0.6 is 0 Å². The van der Waals surface area contributed by atoms with Crippen molar-refractivity contribution in [1.82, 2.24) is 9.88 Å². The van der Waals surface area contributed by atoms with Crippen molar-refractivity contribution < 1.29 is 14.3 Å². The Morgan fingerprint density at radius 2 is 2.08 bits per heavy atom. The van der Waals surface area contributed by atoms with Gasteiger partial charge in [0, 0.05) is 31.0 Å². The van der Waals surface area contributed by atoms with Crippen molar-refractivity contribution in [1.29, 1.82) is 0 Å². The molecule has 1 saturated heterocycles. The van der Waals surface area contributed by atoms with E-state index < -0.39 is 0 Å². The third-order valence-electron chi connectivity index (χ3n) is 4.61. The quantitative estimate of drug-likeness (QED) is 0.890. The van der Waals surface area contributed by atoms with Crippen LogP contribution in [0.15, 0.2) is 42.6 Å². The van der Waals surface area contributed by atoms with Crippen LogP contribution in [0.4, 0.5) is 10.5 Å². The van der Waals surface area contributed by atoms with E-state index in [1.54, 1.807) is 13.3 Å². The maximum absolute atomic E-state index is 12.5. The van der Waals surface area contributed by atoms with Gasteiger partial charge in [-0.2, -0.15) is 0 Å². The van der Waals surface area contributed by atoms with Crippen molar-refractivity contribution in [2.45, 2.75) is 32.5 Å². The van der Waals surface area contributed by atoms with Gasteiger partial charge in [0.2, 0.25) is 0 Å². The van der Waals surface area contributed by atoms with E-state index in [1.165, 1.54) is 0 Å². The van der Waals surface area contributed by atoms with Crippen LogP contribution in [0.1, 0.15) is 24.1 Å². The summed E-state index contributed by atoms with van der Waals surface area (Å²) in [5.74, 6) is 0.729. The van der Waals surface area contributed by atoms with Crippen molar-refractivity contribution in [3.05, 3.63) is 53.9 Å². The number of carbonyl (C=O) groups is 1. The molecule has 1 aromatic heterocycles. The third-order valence-corrected chi connectivity index (χ3v) is 4.61. The number of piperidine rings is 1. The summed E-state index contributed by atoms with van der Waals surface area (Å²) in [6, 6.07) is 11.4. The fraction of sp³-hybridized carbons (Fsp3) is 0.400. The highest BCUT2D eigenvalue weighted by Gasteiger charge is 2.23. The molecule has 26 heavy (non-hydrogen) atoms. The first-order valence-corrected chi connectivity index (χ1v) is 8.88. The summed E-state index contributed by atoms with van der Waals surface area (Å²) in [6.45, 7) is 3.84. The number of nitrogens with one attached hydrogen (secondary N) is 1. The van der Waals surface area contributed by atoms with Crippen LogP contribution < -0.4 is 10.1 Å². The van der Waals surface area contributed by atoms with E-state index in [-0.39, 0.29) is 12.1 Å². The summed E-state index contributed by atoms with van der Waals surface area (Å²) in [5, 5.41) is 2.98. The summed E-state index contributed by atoms with van der Waals surface area (Å²) in [6.07, 6.45) is 3.60. The van der Waals surface area contributed by atoms with Crippen LogP contribution in [-0.4, -0.2) is 42.2 Å². The Morgan fingerprint density at radius 3 is 2.77 bits per heavy atom. The fourth-order valence-electron chi connectivity index (χ4n) is 2.97. The summed E-state index contributed by atoms with van der Waals surface area (Å²) in [4.78, 5) is 18.6. The normalized spacial score (nSPS) is 14.9. The van der Waals surface area contributed by atoms with Crippen LogP contribution in [-0.2, 0) is 11.3 Å². The first-order chi connectivity index (χ1) is 12.7. The fourth-order valence-corrected chi connectivity index (χ4v) is 2.97. The molecular formula is C20H25N3O3. The van der Waals surface area contributed by atoms with E-state index in [1.807, 2.05) is 48.2 Å². The van der Waals surface area contributed by atoms with Gasteiger partial charge < -0.3 is 19.7 Å². The topological polar surface area (TPSA) is 63.7 Å². The molecule has 1 N–H and O–H groups in total. The van der Waals surface area contributed by atoms with Gasteiger partial charge >= 0.3 is 6.03 Å². The van der Waals surface area contributed by atoms with E-state index in [9.17, 15) is 4.79 Å². The lowest BCUT2D eigenvalue weighted by atomic mass is 10.1. The Hall–Kier alpha value is -2.60. The number of aryl methyl sites for hydroxylation is 1. The summed E-state index contributed by atoms with van der Waals surface area (Å²) in [7, 11) is 1.62. The smallest absolute Gasteiger partial charge is 0.321 e. The monoisotopic (exact) mass is 355 g/mol. The number of methoxy groups -OCH3 is 1. The molecule has 0 saturated carbocycles. The van der Waals surface area contributed by atoms with Crippen LogP contribution in [0.2, 0.25) is 0 Å². The highest BCUT2D eigenvalue weighted by molar-refractivity contribution is 5.90. The lowest BCUT2D eigenvalue weighted by molar-refractivity contribution is 0.00399. The zero-order valence-corrected chi connectivity index (χ0v) is 15.3. The van der Waals surface area contributed by atoms with Gasteiger partial charge in [-0.15, -0.1) is 0 Å². The molecule has 3 rings (SSSR count). The second kappa shape index (κ2) is 8.67. The average Bonchev–Trinajstić information content (AvgIpc) is 2.69. The molecule has 6 nitrogen and oxygen atoms in total. The Morgan fingerprint density at radius 1 is 1.27 bits per heavy atom. The molecule has 6 heteroatoms. The van der Waals surface area contributed by atoms with E-state index in [0.29, 0.717) is 19.7 Å². The maximum Gasteiger partial charge on any atom is 0.321 e. The summed E-state index contributed by atoms with van der Waals surface area (Å²) >= 11 is 0. The predicted molar refractivity (Wildman–Crippen MR) is 100 cm³/mol. The molecule has 0 radical (unpaired) electrons. The SMILES string of the molecule is COc1ccc(C)c(NC(=O)N2CCC(OCc3ccccn3)CC2)c1. The zero-order chi connectivity index (χ0) is 18.4. The van der Waals surface area contributed by atoms with Crippen LogP contribution in [0.25, 0.3) is 0 Å².